The molecule has 2 aromatic rings. The predicted molar refractivity (Wildman–Crippen MR) is 87.9 cm³/mol. The van der Waals surface area contributed by atoms with Crippen molar-refractivity contribution in [3.8, 4) is 0 Å². The molecule has 1 fully saturated rings. The standard InChI is InChI=1S/C19H21NO3/c21-18-11-12-20(17(18)13-15-7-3-1-4-8-15)19(22)23-14-16-9-5-2-6-10-16/h1-10,17-18,21H,11-14H2/t17-,18-/m0/s1. The number of nitrogens with zero attached hydrogens (tertiary/aromatic N) is 1. The van der Waals surface area contributed by atoms with Gasteiger partial charge in [-0.15, -0.1) is 0 Å². The molecule has 2 aromatic carbocycles. The molecule has 4 nitrogen and oxygen atoms in total. The molecule has 0 aliphatic carbocycles. The van der Waals surface area contributed by atoms with Gasteiger partial charge in [0, 0.05) is 6.54 Å². The van der Waals surface area contributed by atoms with Crippen molar-refractivity contribution in [2.75, 3.05) is 6.54 Å². The second kappa shape index (κ2) is 7.29. The molecular formula is C19H21NO3. The van der Waals surface area contributed by atoms with E-state index in [0.717, 1.165) is 11.1 Å². The fraction of sp³-hybridized carbons (Fsp3) is 0.316. The Hall–Kier alpha value is -2.33. The van der Waals surface area contributed by atoms with Crippen molar-refractivity contribution in [3.63, 3.8) is 0 Å². The van der Waals surface area contributed by atoms with Gasteiger partial charge in [0.05, 0.1) is 12.1 Å². The van der Waals surface area contributed by atoms with E-state index in [4.69, 9.17) is 4.74 Å². The van der Waals surface area contributed by atoms with Crippen LogP contribution in [0.2, 0.25) is 0 Å². The SMILES string of the molecule is O=C(OCc1ccccc1)N1CC[C@H](O)[C@@H]1Cc1ccccc1. The van der Waals surface area contributed by atoms with Crippen LogP contribution in [0, 0.1) is 0 Å². The quantitative estimate of drug-likeness (QED) is 0.944. The third kappa shape index (κ3) is 3.90. The number of carbonyl (C=O) groups is 1. The van der Waals surface area contributed by atoms with Gasteiger partial charge in [0.1, 0.15) is 6.61 Å². The highest BCUT2D eigenvalue weighted by molar-refractivity contribution is 5.68. The first-order valence-electron chi connectivity index (χ1n) is 7.93. The number of amides is 1. The first-order chi connectivity index (χ1) is 11.2. The average Bonchev–Trinajstić information content (AvgIpc) is 2.95. The summed E-state index contributed by atoms with van der Waals surface area (Å²) < 4.78 is 5.40. The lowest BCUT2D eigenvalue weighted by molar-refractivity contribution is 0.0717. The first kappa shape index (κ1) is 15.6. The van der Waals surface area contributed by atoms with E-state index in [1.807, 2.05) is 60.7 Å². The Morgan fingerprint density at radius 1 is 1.04 bits per heavy atom. The molecule has 0 bridgehead atoms. The molecule has 1 heterocycles. The van der Waals surface area contributed by atoms with Gasteiger partial charge in [0.25, 0.3) is 0 Å². The highest BCUT2D eigenvalue weighted by atomic mass is 16.6. The van der Waals surface area contributed by atoms with E-state index in [0.29, 0.717) is 19.4 Å². The van der Waals surface area contributed by atoms with E-state index in [2.05, 4.69) is 0 Å². The average molecular weight is 311 g/mol. The second-order valence-electron chi connectivity index (χ2n) is 5.85. The Morgan fingerprint density at radius 2 is 1.65 bits per heavy atom. The van der Waals surface area contributed by atoms with Crippen LogP contribution >= 0.6 is 0 Å². The van der Waals surface area contributed by atoms with Gasteiger partial charge in [0.2, 0.25) is 0 Å². The minimum absolute atomic E-state index is 0.222. The van der Waals surface area contributed by atoms with Gasteiger partial charge in [-0.25, -0.2) is 4.79 Å². The van der Waals surface area contributed by atoms with Crippen LogP contribution in [0.25, 0.3) is 0 Å². The number of ether oxygens (including phenoxy) is 1. The highest BCUT2D eigenvalue weighted by Crippen LogP contribution is 2.23. The molecular weight excluding hydrogens is 290 g/mol. The van der Waals surface area contributed by atoms with E-state index in [1.165, 1.54) is 0 Å². The van der Waals surface area contributed by atoms with Crippen molar-refractivity contribution >= 4 is 6.09 Å². The molecule has 3 rings (SSSR count). The molecule has 23 heavy (non-hydrogen) atoms. The summed E-state index contributed by atoms with van der Waals surface area (Å²) in [6, 6.07) is 19.3. The van der Waals surface area contributed by atoms with Gasteiger partial charge < -0.3 is 14.7 Å². The summed E-state index contributed by atoms with van der Waals surface area (Å²) in [6.07, 6.45) is 0.381. The van der Waals surface area contributed by atoms with E-state index >= 15 is 0 Å². The van der Waals surface area contributed by atoms with Gasteiger partial charge in [-0.1, -0.05) is 60.7 Å². The lowest BCUT2D eigenvalue weighted by atomic mass is 10.0. The Kier molecular flexibility index (Phi) is 4.93. The monoisotopic (exact) mass is 311 g/mol. The molecule has 0 unspecified atom stereocenters. The van der Waals surface area contributed by atoms with Crippen LogP contribution in [0.5, 0.6) is 0 Å². The van der Waals surface area contributed by atoms with Crippen molar-refractivity contribution < 1.29 is 14.6 Å². The van der Waals surface area contributed by atoms with Gasteiger partial charge in [-0.2, -0.15) is 0 Å². The summed E-state index contributed by atoms with van der Waals surface area (Å²) in [5.74, 6) is 0. The molecule has 1 amide bonds. The van der Waals surface area contributed by atoms with Crippen molar-refractivity contribution in [2.24, 2.45) is 0 Å². The molecule has 1 aliphatic heterocycles. The van der Waals surface area contributed by atoms with Crippen LogP contribution < -0.4 is 0 Å². The number of carbonyl (C=O) groups excluding carboxylic acids is 1. The summed E-state index contributed by atoms with van der Waals surface area (Å²) in [4.78, 5) is 14.0. The molecule has 120 valence electrons. The number of benzene rings is 2. The maximum absolute atomic E-state index is 12.4. The summed E-state index contributed by atoms with van der Waals surface area (Å²) in [5, 5.41) is 10.2. The van der Waals surface area contributed by atoms with E-state index in [9.17, 15) is 9.90 Å². The van der Waals surface area contributed by atoms with Crippen LogP contribution in [-0.4, -0.2) is 34.8 Å². The minimum Gasteiger partial charge on any atom is -0.445 e. The van der Waals surface area contributed by atoms with Gasteiger partial charge in [-0.05, 0) is 24.0 Å². The van der Waals surface area contributed by atoms with Crippen molar-refractivity contribution in [2.45, 2.75) is 31.6 Å². The minimum atomic E-state index is -0.500. The van der Waals surface area contributed by atoms with E-state index in [1.54, 1.807) is 4.90 Å². The van der Waals surface area contributed by atoms with Gasteiger partial charge in [-0.3, -0.25) is 0 Å². The third-order valence-electron chi connectivity index (χ3n) is 4.24. The lowest BCUT2D eigenvalue weighted by Crippen LogP contribution is -2.41. The number of hydrogen-bond acceptors (Lipinski definition) is 3. The van der Waals surface area contributed by atoms with E-state index in [-0.39, 0.29) is 18.7 Å². The zero-order valence-corrected chi connectivity index (χ0v) is 13.0. The Balaban J connectivity index is 1.62. The second-order valence-corrected chi connectivity index (χ2v) is 5.85. The molecule has 0 saturated carbocycles. The fourth-order valence-corrected chi connectivity index (χ4v) is 2.97. The van der Waals surface area contributed by atoms with Crippen LogP contribution in [-0.2, 0) is 17.8 Å². The maximum Gasteiger partial charge on any atom is 0.410 e. The summed E-state index contributed by atoms with van der Waals surface area (Å²) in [7, 11) is 0. The smallest absolute Gasteiger partial charge is 0.410 e. The largest absolute Gasteiger partial charge is 0.445 e. The zero-order valence-electron chi connectivity index (χ0n) is 13.0. The molecule has 0 spiro atoms. The Labute approximate surface area is 136 Å². The van der Waals surface area contributed by atoms with Crippen molar-refractivity contribution in [3.05, 3.63) is 71.8 Å². The van der Waals surface area contributed by atoms with Crippen molar-refractivity contribution in [1.82, 2.24) is 4.90 Å². The fourth-order valence-electron chi connectivity index (χ4n) is 2.97. The summed E-state index contributed by atoms with van der Waals surface area (Å²) >= 11 is 0. The van der Waals surface area contributed by atoms with Crippen LogP contribution in [0.15, 0.2) is 60.7 Å². The molecule has 1 saturated heterocycles. The molecule has 1 aliphatic rings. The lowest BCUT2D eigenvalue weighted by Gasteiger charge is -2.25. The number of likely N-dealkylation sites (tertiary alicyclic amines) is 1. The number of rotatable bonds is 4. The van der Waals surface area contributed by atoms with Gasteiger partial charge >= 0.3 is 6.09 Å². The molecule has 2 atom stereocenters. The number of hydrogen-bond donors (Lipinski definition) is 1. The van der Waals surface area contributed by atoms with Crippen LogP contribution in [0.3, 0.4) is 0 Å². The number of aliphatic hydroxyl groups excluding tert-OH is 1. The Bertz CT molecular complexity index is 630. The normalized spacial score (nSPS) is 20.5. The Morgan fingerprint density at radius 3 is 2.30 bits per heavy atom. The molecule has 0 aromatic heterocycles. The first-order valence-corrected chi connectivity index (χ1v) is 7.93. The third-order valence-corrected chi connectivity index (χ3v) is 4.24. The zero-order chi connectivity index (χ0) is 16.1. The molecule has 1 N–H and O–H groups in total. The summed E-state index contributed by atoms with van der Waals surface area (Å²) in [5.41, 5.74) is 2.07. The number of aliphatic hydroxyl groups is 1. The predicted octanol–water partition coefficient (Wildman–Crippen LogP) is 3.00. The van der Waals surface area contributed by atoms with Crippen LogP contribution in [0.4, 0.5) is 4.79 Å². The van der Waals surface area contributed by atoms with E-state index < -0.39 is 6.10 Å². The maximum atomic E-state index is 12.4. The van der Waals surface area contributed by atoms with Gasteiger partial charge in [0.15, 0.2) is 0 Å². The van der Waals surface area contributed by atoms with Crippen molar-refractivity contribution in [1.29, 1.82) is 0 Å². The molecule has 0 radical (unpaired) electrons. The van der Waals surface area contributed by atoms with Crippen LogP contribution in [0.1, 0.15) is 17.5 Å². The highest BCUT2D eigenvalue weighted by Gasteiger charge is 2.36. The molecule has 4 heteroatoms. The summed E-state index contributed by atoms with van der Waals surface area (Å²) in [6.45, 7) is 0.788. The topological polar surface area (TPSA) is 49.8 Å².